The fourth-order valence-electron chi connectivity index (χ4n) is 3.73. The molecule has 1 unspecified atom stereocenters. The quantitative estimate of drug-likeness (QED) is 0.718. The molecule has 0 aliphatic heterocycles. The van der Waals surface area contributed by atoms with Crippen LogP contribution in [0.3, 0.4) is 0 Å². The van der Waals surface area contributed by atoms with Crippen molar-refractivity contribution in [2.75, 3.05) is 6.61 Å². The molecule has 5 heteroatoms. The lowest BCUT2D eigenvalue weighted by Gasteiger charge is -2.29. The maximum Gasteiger partial charge on any atom is 0.249 e. The van der Waals surface area contributed by atoms with Crippen LogP contribution < -0.4 is 5.73 Å². The maximum absolute atomic E-state index is 12.0. The van der Waals surface area contributed by atoms with E-state index in [0.29, 0.717) is 17.6 Å². The van der Waals surface area contributed by atoms with Crippen LogP contribution in [0.4, 0.5) is 0 Å². The van der Waals surface area contributed by atoms with Gasteiger partial charge < -0.3 is 15.0 Å². The van der Waals surface area contributed by atoms with E-state index in [0.717, 1.165) is 43.4 Å². The fourth-order valence-corrected chi connectivity index (χ4v) is 3.73. The zero-order chi connectivity index (χ0) is 20.1. The molecule has 1 aliphatic rings. The molecule has 150 valence electrons. The van der Waals surface area contributed by atoms with Crippen molar-refractivity contribution in [2.45, 2.75) is 59.1 Å². The Morgan fingerprint density at radius 2 is 2.21 bits per heavy atom. The zero-order valence-corrected chi connectivity index (χ0v) is 17.1. The van der Waals surface area contributed by atoms with Crippen LogP contribution in [0.15, 0.2) is 43.0 Å². The van der Waals surface area contributed by atoms with Gasteiger partial charge in [-0.1, -0.05) is 32.9 Å². The molecule has 1 aromatic carbocycles. The Morgan fingerprint density at radius 3 is 2.82 bits per heavy atom. The Hall–Kier alpha value is -2.40. The van der Waals surface area contributed by atoms with Gasteiger partial charge >= 0.3 is 0 Å². The van der Waals surface area contributed by atoms with Crippen molar-refractivity contribution in [3.8, 4) is 0 Å². The summed E-state index contributed by atoms with van der Waals surface area (Å²) in [5, 5.41) is 0. The van der Waals surface area contributed by atoms with E-state index in [-0.39, 0.29) is 12.0 Å². The molecule has 0 radical (unpaired) electrons. The molecular weight excluding hydrogens is 350 g/mol. The van der Waals surface area contributed by atoms with Gasteiger partial charge in [-0.2, -0.15) is 0 Å². The lowest BCUT2D eigenvalue weighted by Crippen LogP contribution is -2.18. The van der Waals surface area contributed by atoms with Crippen LogP contribution in [0.5, 0.6) is 0 Å². The molecule has 1 heterocycles. The number of aromatic nitrogens is 2. The first-order valence-electron chi connectivity index (χ1n) is 10.1. The first-order valence-corrected chi connectivity index (χ1v) is 10.1. The van der Waals surface area contributed by atoms with Crippen LogP contribution in [0, 0.1) is 5.41 Å². The van der Waals surface area contributed by atoms with E-state index in [1.807, 2.05) is 22.9 Å². The van der Waals surface area contributed by atoms with Crippen LogP contribution in [0.25, 0.3) is 5.57 Å². The lowest BCUT2D eigenvalue weighted by atomic mass is 9.76. The molecule has 2 aromatic rings. The SMILES string of the molecule is CCC(OCCn1ccnc1)c1ccc(C(N)=O)c(C2=CCC(C)(C)CC2)c1. The van der Waals surface area contributed by atoms with E-state index in [1.165, 1.54) is 5.57 Å². The summed E-state index contributed by atoms with van der Waals surface area (Å²) in [6.45, 7) is 8.06. The molecule has 1 atom stereocenters. The number of nitrogens with zero attached hydrogens (tertiary/aromatic N) is 2. The highest BCUT2D eigenvalue weighted by Crippen LogP contribution is 2.39. The van der Waals surface area contributed by atoms with Crippen molar-refractivity contribution >= 4 is 11.5 Å². The Labute approximate surface area is 167 Å². The molecular formula is C23H31N3O2. The first kappa shape index (κ1) is 20.3. The maximum atomic E-state index is 12.0. The second-order valence-electron chi connectivity index (χ2n) is 8.34. The van der Waals surface area contributed by atoms with Gasteiger partial charge in [0.15, 0.2) is 0 Å². The Morgan fingerprint density at radius 1 is 1.39 bits per heavy atom. The van der Waals surface area contributed by atoms with Crippen LogP contribution in [-0.4, -0.2) is 22.1 Å². The molecule has 2 N–H and O–H groups in total. The van der Waals surface area contributed by atoms with Gasteiger partial charge in [0.1, 0.15) is 0 Å². The predicted octanol–water partition coefficient (Wildman–Crippen LogP) is 4.74. The van der Waals surface area contributed by atoms with Crippen LogP contribution in [-0.2, 0) is 11.3 Å². The van der Waals surface area contributed by atoms with Crippen LogP contribution in [0.1, 0.15) is 74.0 Å². The molecule has 0 saturated carbocycles. The van der Waals surface area contributed by atoms with E-state index in [4.69, 9.17) is 10.5 Å². The van der Waals surface area contributed by atoms with E-state index < -0.39 is 0 Å². The number of carbonyl (C=O) groups is 1. The minimum absolute atomic E-state index is 0.00942. The summed E-state index contributed by atoms with van der Waals surface area (Å²) in [7, 11) is 0. The number of ether oxygens (including phenoxy) is 1. The lowest BCUT2D eigenvalue weighted by molar-refractivity contribution is 0.0446. The van der Waals surface area contributed by atoms with E-state index >= 15 is 0 Å². The smallest absolute Gasteiger partial charge is 0.249 e. The van der Waals surface area contributed by atoms with Gasteiger partial charge in [-0.3, -0.25) is 4.79 Å². The number of hydrogen-bond acceptors (Lipinski definition) is 3. The fraction of sp³-hybridized carbons (Fsp3) is 0.478. The third-order valence-electron chi connectivity index (χ3n) is 5.60. The second kappa shape index (κ2) is 8.74. The number of carbonyl (C=O) groups excluding carboxylic acids is 1. The number of rotatable bonds is 8. The average molecular weight is 382 g/mol. The third-order valence-corrected chi connectivity index (χ3v) is 5.60. The number of allylic oxidation sites excluding steroid dienone is 2. The van der Waals surface area contributed by atoms with Crippen molar-refractivity contribution in [2.24, 2.45) is 11.1 Å². The number of hydrogen-bond donors (Lipinski definition) is 1. The normalized spacial score (nSPS) is 17.2. The van der Waals surface area contributed by atoms with Crippen molar-refractivity contribution in [1.29, 1.82) is 0 Å². The average Bonchev–Trinajstić information content (AvgIpc) is 3.18. The minimum atomic E-state index is -0.374. The summed E-state index contributed by atoms with van der Waals surface area (Å²) in [6.07, 6.45) is 11.7. The highest BCUT2D eigenvalue weighted by molar-refractivity contribution is 5.98. The molecule has 1 aromatic heterocycles. The Balaban J connectivity index is 1.80. The molecule has 0 saturated heterocycles. The number of amides is 1. The third kappa shape index (κ3) is 4.90. The number of benzene rings is 1. The largest absolute Gasteiger partial charge is 0.372 e. The molecule has 0 bridgehead atoms. The van der Waals surface area contributed by atoms with Gasteiger partial charge in [0.2, 0.25) is 5.91 Å². The van der Waals surface area contributed by atoms with Gasteiger partial charge in [-0.05, 0) is 59.9 Å². The molecule has 3 rings (SSSR count). The van der Waals surface area contributed by atoms with Crippen molar-refractivity contribution in [1.82, 2.24) is 9.55 Å². The molecule has 1 aliphatic carbocycles. The van der Waals surface area contributed by atoms with E-state index in [1.54, 1.807) is 12.5 Å². The highest BCUT2D eigenvalue weighted by atomic mass is 16.5. The Bertz CT molecular complexity index is 838. The van der Waals surface area contributed by atoms with Crippen molar-refractivity contribution in [3.63, 3.8) is 0 Å². The molecule has 28 heavy (non-hydrogen) atoms. The Kier molecular flexibility index (Phi) is 6.35. The summed E-state index contributed by atoms with van der Waals surface area (Å²) in [5.41, 5.74) is 9.87. The number of imidazole rings is 1. The standard InChI is InChI=1S/C23H31N3O2/c1-4-21(28-14-13-26-12-11-25-16-26)18-5-6-19(22(24)27)20(15-18)17-7-9-23(2,3)10-8-17/h5-7,11-12,15-16,21H,4,8-10,13-14H2,1-3H3,(H2,24,27). The summed E-state index contributed by atoms with van der Waals surface area (Å²) in [4.78, 5) is 16.1. The van der Waals surface area contributed by atoms with Crippen molar-refractivity contribution in [3.05, 3.63) is 59.7 Å². The van der Waals surface area contributed by atoms with E-state index in [2.05, 4.69) is 37.9 Å². The van der Waals surface area contributed by atoms with Gasteiger partial charge in [0.05, 0.1) is 19.0 Å². The second-order valence-corrected chi connectivity index (χ2v) is 8.34. The summed E-state index contributed by atoms with van der Waals surface area (Å²) < 4.78 is 8.15. The highest BCUT2D eigenvalue weighted by Gasteiger charge is 2.24. The number of nitrogens with two attached hydrogens (primary N) is 1. The zero-order valence-electron chi connectivity index (χ0n) is 17.1. The summed E-state index contributed by atoms with van der Waals surface area (Å²) in [6, 6.07) is 5.94. The van der Waals surface area contributed by atoms with Gasteiger partial charge in [-0.15, -0.1) is 0 Å². The summed E-state index contributed by atoms with van der Waals surface area (Å²) in [5.74, 6) is -0.374. The van der Waals surface area contributed by atoms with E-state index in [9.17, 15) is 4.79 Å². The molecule has 5 nitrogen and oxygen atoms in total. The summed E-state index contributed by atoms with van der Waals surface area (Å²) >= 11 is 0. The number of primary amides is 1. The first-order chi connectivity index (χ1) is 13.4. The monoisotopic (exact) mass is 381 g/mol. The van der Waals surface area contributed by atoms with Gasteiger partial charge in [0.25, 0.3) is 0 Å². The molecule has 0 fully saturated rings. The van der Waals surface area contributed by atoms with Crippen LogP contribution in [0.2, 0.25) is 0 Å². The van der Waals surface area contributed by atoms with Crippen molar-refractivity contribution < 1.29 is 9.53 Å². The predicted molar refractivity (Wildman–Crippen MR) is 112 cm³/mol. The van der Waals surface area contributed by atoms with Gasteiger partial charge in [-0.25, -0.2) is 4.98 Å². The minimum Gasteiger partial charge on any atom is -0.372 e. The van der Waals surface area contributed by atoms with Gasteiger partial charge in [0, 0.05) is 24.5 Å². The van der Waals surface area contributed by atoms with Crippen LogP contribution >= 0.6 is 0 Å². The topological polar surface area (TPSA) is 70.1 Å². The molecule has 1 amide bonds. The molecule has 0 spiro atoms.